The average Bonchev–Trinajstić information content (AvgIpc) is 2.86. The Morgan fingerprint density at radius 1 is 1.47 bits per heavy atom. The highest BCUT2D eigenvalue weighted by Gasteiger charge is 2.13. The van der Waals surface area contributed by atoms with Gasteiger partial charge in [0.2, 0.25) is 5.82 Å². The van der Waals surface area contributed by atoms with Crippen molar-refractivity contribution in [1.82, 2.24) is 14.5 Å². The minimum Gasteiger partial charge on any atom is -0.478 e. The van der Waals surface area contributed by atoms with Crippen LogP contribution in [0.3, 0.4) is 0 Å². The van der Waals surface area contributed by atoms with Gasteiger partial charge in [-0.25, -0.2) is 14.8 Å². The molecule has 2 aromatic heterocycles. The van der Waals surface area contributed by atoms with Gasteiger partial charge in [0.1, 0.15) is 11.9 Å². The molecule has 0 fully saturated rings. The summed E-state index contributed by atoms with van der Waals surface area (Å²) in [6, 6.07) is 4.90. The van der Waals surface area contributed by atoms with Gasteiger partial charge in [0, 0.05) is 18.1 Å². The molecule has 0 aliphatic heterocycles. The number of pyridine rings is 1. The smallest absolute Gasteiger partial charge is 0.335 e. The molecule has 0 spiro atoms. The highest BCUT2D eigenvalue weighted by molar-refractivity contribution is 5.88. The lowest BCUT2D eigenvalue weighted by molar-refractivity contribution is 0.0696. The van der Waals surface area contributed by atoms with Crippen LogP contribution in [0.1, 0.15) is 41.6 Å². The molecule has 0 saturated heterocycles. The lowest BCUT2D eigenvalue weighted by Crippen LogP contribution is -2.07. The van der Waals surface area contributed by atoms with Gasteiger partial charge in [0.25, 0.3) is 0 Å². The molecule has 0 aliphatic carbocycles. The van der Waals surface area contributed by atoms with Crippen molar-refractivity contribution in [3.05, 3.63) is 41.6 Å². The second kappa shape index (κ2) is 4.90. The van der Waals surface area contributed by atoms with Crippen molar-refractivity contribution in [2.75, 3.05) is 0 Å². The molecule has 0 radical (unpaired) electrons. The zero-order chi connectivity index (χ0) is 14.0. The molecule has 0 atom stereocenters. The minimum absolute atomic E-state index is 0.0899. The van der Waals surface area contributed by atoms with Gasteiger partial charge in [-0.3, -0.25) is 4.57 Å². The third-order valence-corrected chi connectivity index (χ3v) is 2.66. The predicted molar refractivity (Wildman–Crippen MR) is 67.1 cm³/mol. The quantitative estimate of drug-likeness (QED) is 0.906. The first kappa shape index (κ1) is 12.8. The third-order valence-electron chi connectivity index (χ3n) is 2.66. The summed E-state index contributed by atoms with van der Waals surface area (Å²) in [5, 5.41) is 18.1. The van der Waals surface area contributed by atoms with Gasteiger partial charge in [-0.1, -0.05) is 13.8 Å². The van der Waals surface area contributed by atoms with E-state index in [2.05, 4.69) is 9.97 Å². The van der Waals surface area contributed by atoms with E-state index >= 15 is 0 Å². The van der Waals surface area contributed by atoms with Crippen LogP contribution in [0.25, 0.3) is 5.82 Å². The number of nitrogens with zero attached hydrogens (tertiary/aromatic N) is 4. The summed E-state index contributed by atoms with van der Waals surface area (Å²) in [5.41, 5.74) is 0.804. The molecule has 2 rings (SSSR count). The molecule has 0 unspecified atom stereocenters. The van der Waals surface area contributed by atoms with Gasteiger partial charge in [-0.2, -0.15) is 5.26 Å². The highest BCUT2D eigenvalue weighted by Crippen LogP contribution is 2.18. The molecule has 0 aliphatic rings. The van der Waals surface area contributed by atoms with Gasteiger partial charge >= 0.3 is 5.97 Å². The summed E-state index contributed by atoms with van der Waals surface area (Å²) in [5.74, 6) is -0.376. The van der Waals surface area contributed by atoms with E-state index in [9.17, 15) is 4.79 Å². The van der Waals surface area contributed by atoms with E-state index in [4.69, 9.17) is 10.4 Å². The second-order valence-electron chi connectivity index (χ2n) is 4.33. The van der Waals surface area contributed by atoms with E-state index in [0.29, 0.717) is 11.5 Å². The van der Waals surface area contributed by atoms with Crippen LogP contribution >= 0.6 is 0 Å². The topological polar surface area (TPSA) is 91.8 Å². The number of carbonyl (C=O) groups is 1. The van der Waals surface area contributed by atoms with Gasteiger partial charge < -0.3 is 5.11 Å². The van der Waals surface area contributed by atoms with Crippen molar-refractivity contribution in [3.8, 4) is 11.9 Å². The fourth-order valence-electron chi connectivity index (χ4n) is 1.65. The summed E-state index contributed by atoms with van der Waals surface area (Å²) in [4.78, 5) is 19.4. The lowest BCUT2D eigenvalue weighted by Gasteiger charge is -2.10. The van der Waals surface area contributed by atoms with Crippen molar-refractivity contribution in [2.45, 2.75) is 19.8 Å². The second-order valence-corrected chi connectivity index (χ2v) is 4.33. The first-order chi connectivity index (χ1) is 9.02. The van der Waals surface area contributed by atoms with Crippen LogP contribution in [0.2, 0.25) is 0 Å². The van der Waals surface area contributed by atoms with Crippen molar-refractivity contribution in [2.24, 2.45) is 0 Å². The number of imidazole rings is 1. The summed E-state index contributed by atoms with van der Waals surface area (Å²) < 4.78 is 1.47. The number of carboxylic acid groups (broad SMARTS) is 1. The SMILES string of the molecule is CC(C)c1cc(C(=O)O)cc(-n2ccnc2C#N)n1. The molecule has 96 valence electrons. The molecule has 6 nitrogen and oxygen atoms in total. The number of carboxylic acids is 1. The monoisotopic (exact) mass is 256 g/mol. The van der Waals surface area contributed by atoms with Crippen molar-refractivity contribution in [3.63, 3.8) is 0 Å². The number of aromatic nitrogens is 3. The molecule has 6 heteroatoms. The Morgan fingerprint density at radius 2 is 2.21 bits per heavy atom. The largest absolute Gasteiger partial charge is 0.478 e. The van der Waals surface area contributed by atoms with Crippen LogP contribution in [-0.4, -0.2) is 25.6 Å². The maximum absolute atomic E-state index is 11.1. The standard InChI is InChI=1S/C13H12N4O2/c1-8(2)10-5-9(13(18)19)6-11(16-10)17-4-3-15-12(17)7-14/h3-6,8H,1-2H3,(H,18,19). The molecule has 19 heavy (non-hydrogen) atoms. The maximum atomic E-state index is 11.1. The van der Waals surface area contributed by atoms with E-state index in [1.54, 1.807) is 12.3 Å². The maximum Gasteiger partial charge on any atom is 0.335 e. The van der Waals surface area contributed by atoms with Gasteiger partial charge in [-0.15, -0.1) is 0 Å². The Balaban J connectivity index is 2.64. The Kier molecular flexibility index (Phi) is 3.29. The molecule has 2 heterocycles. The first-order valence-corrected chi connectivity index (χ1v) is 5.72. The van der Waals surface area contributed by atoms with Crippen LogP contribution in [0.5, 0.6) is 0 Å². The molecule has 2 aromatic rings. The van der Waals surface area contributed by atoms with Gasteiger partial charge in [0.15, 0.2) is 0 Å². The van der Waals surface area contributed by atoms with E-state index in [1.165, 1.54) is 16.8 Å². The molecular weight excluding hydrogens is 244 g/mol. The van der Waals surface area contributed by atoms with Crippen molar-refractivity contribution in [1.29, 1.82) is 5.26 Å². The van der Waals surface area contributed by atoms with Crippen molar-refractivity contribution < 1.29 is 9.90 Å². The van der Waals surface area contributed by atoms with Crippen LogP contribution < -0.4 is 0 Å². The molecule has 0 bridgehead atoms. The number of aromatic carboxylic acids is 1. The fourth-order valence-corrected chi connectivity index (χ4v) is 1.65. The van der Waals surface area contributed by atoms with E-state index < -0.39 is 5.97 Å². The Hall–Kier alpha value is -2.68. The Bertz CT molecular complexity index is 668. The highest BCUT2D eigenvalue weighted by atomic mass is 16.4. The van der Waals surface area contributed by atoms with E-state index in [1.807, 2.05) is 19.9 Å². The summed E-state index contributed by atoms with van der Waals surface area (Å²) in [7, 11) is 0. The number of rotatable bonds is 3. The van der Waals surface area contributed by atoms with Crippen molar-refractivity contribution >= 4 is 5.97 Å². The zero-order valence-corrected chi connectivity index (χ0v) is 10.5. The molecule has 1 N–H and O–H groups in total. The third kappa shape index (κ3) is 2.45. The first-order valence-electron chi connectivity index (χ1n) is 5.72. The van der Waals surface area contributed by atoms with E-state index in [-0.39, 0.29) is 17.3 Å². The number of hydrogen-bond acceptors (Lipinski definition) is 4. The molecule has 0 amide bonds. The molecular formula is C13H12N4O2. The average molecular weight is 256 g/mol. The normalized spacial score (nSPS) is 10.4. The number of nitriles is 1. The summed E-state index contributed by atoms with van der Waals surface area (Å²) in [6.45, 7) is 3.85. The van der Waals surface area contributed by atoms with Crippen LogP contribution in [0.4, 0.5) is 0 Å². The predicted octanol–water partition coefficient (Wildman–Crippen LogP) is 1.96. The summed E-state index contributed by atoms with van der Waals surface area (Å²) in [6.07, 6.45) is 3.05. The fraction of sp³-hybridized carbons (Fsp3) is 0.231. The minimum atomic E-state index is -1.02. The van der Waals surface area contributed by atoms with Crippen LogP contribution in [-0.2, 0) is 0 Å². The Labute approximate surface area is 110 Å². The summed E-state index contributed by atoms with van der Waals surface area (Å²) >= 11 is 0. The molecule has 0 aromatic carbocycles. The zero-order valence-electron chi connectivity index (χ0n) is 10.5. The van der Waals surface area contributed by atoms with Crippen LogP contribution in [0, 0.1) is 11.3 Å². The van der Waals surface area contributed by atoms with Gasteiger partial charge in [0.05, 0.1) is 5.56 Å². The molecule has 0 saturated carbocycles. The van der Waals surface area contributed by atoms with Gasteiger partial charge in [-0.05, 0) is 18.1 Å². The van der Waals surface area contributed by atoms with Crippen LogP contribution in [0.15, 0.2) is 24.5 Å². The van der Waals surface area contributed by atoms with E-state index in [0.717, 1.165) is 0 Å². The Morgan fingerprint density at radius 3 is 2.79 bits per heavy atom. The number of hydrogen-bond donors (Lipinski definition) is 1. The lowest BCUT2D eigenvalue weighted by atomic mass is 10.1.